The summed E-state index contributed by atoms with van der Waals surface area (Å²) in [6.45, 7) is 3.10. The summed E-state index contributed by atoms with van der Waals surface area (Å²) in [6, 6.07) is 9.39. The number of carboxylic acid groups (broad SMARTS) is 1. The van der Waals surface area contributed by atoms with E-state index in [0.717, 1.165) is 5.56 Å². The third kappa shape index (κ3) is 3.69. The second-order valence-electron chi connectivity index (χ2n) is 3.65. The van der Waals surface area contributed by atoms with Crippen molar-refractivity contribution >= 4 is 5.97 Å². The molecule has 0 fully saturated rings. The monoisotopic (exact) mass is 210 g/mol. The van der Waals surface area contributed by atoms with E-state index in [-0.39, 0.29) is 6.61 Å². The predicted octanol–water partition coefficient (Wildman–Crippen LogP) is 2.00. The molecule has 4 nitrogen and oxygen atoms in total. The lowest BCUT2D eigenvalue weighted by molar-refractivity contribution is -0.353. The minimum atomic E-state index is -1.32. The fourth-order valence-corrected chi connectivity index (χ4v) is 0.855. The van der Waals surface area contributed by atoms with Crippen LogP contribution in [0.3, 0.4) is 0 Å². The van der Waals surface area contributed by atoms with Crippen LogP contribution in [0.25, 0.3) is 0 Å². The Kier molecular flexibility index (Phi) is 3.82. The van der Waals surface area contributed by atoms with Gasteiger partial charge in [0.2, 0.25) is 0 Å². The Hall–Kier alpha value is -1.39. The molecule has 1 rings (SSSR count). The van der Waals surface area contributed by atoms with E-state index in [1.54, 1.807) is 0 Å². The summed E-state index contributed by atoms with van der Waals surface area (Å²) in [6.07, 6.45) is 0. The summed E-state index contributed by atoms with van der Waals surface area (Å²) >= 11 is 0. The van der Waals surface area contributed by atoms with E-state index >= 15 is 0 Å². The predicted molar refractivity (Wildman–Crippen MR) is 54.0 cm³/mol. The van der Waals surface area contributed by atoms with E-state index in [2.05, 4.69) is 0 Å². The molecule has 0 radical (unpaired) electrons. The number of carboxylic acids is 1. The first-order valence-electron chi connectivity index (χ1n) is 4.60. The first-order valence-corrected chi connectivity index (χ1v) is 4.60. The van der Waals surface area contributed by atoms with Crippen molar-refractivity contribution in [2.45, 2.75) is 26.1 Å². The fraction of sp³-hybridized carbons (Fsp3) is 0.364. The number of rotatable bonds is 5. The zero-order valence-corrected chi connectivity index (χ0v) is 8.77. The number of hydrogen-bond acceptors (Lipinski definition) is 3. The van der Waals surface area contributed by atoms with Gasteiger partial charge >= 0.3 is 5.97 Å². The molecule has 0 saturated heterocycles. The van der Waals surface area contributed by atoms with Gasteiger partial charge in [0.1, 0.15) is 6.61 Å². The third-order valence-corrected chi connectivity index (χ3v) is 1.85. The first kappa shape index (κ1) is 11.7. The standard InChI is InChI=1S/C11H14O4/c1-11(2,10(12)13)15-14-8-9-6-4-3-5-7-9/h3-7H,8H2,1-2H3,(H,12,13). The molecule has 1 aromatic carbocycles. The van der Waals surface area contributed by atoms with Crippen LogP contribution < -0.4 is 0 Å². The Morgan fingerprint density at radius 1 is 1.33 bits per heavy atom. The van der Waals surface area contributed by atoms with Crippen LogP contribution in [0.4, 0.5) is 0 Å². The molecule has 0 atom stereocenters. The van der Waals surface area contributed by atoms with E-state index in [9.17, 15) is 4.79 Å². The summed E-state index contributed by atoms with van der Waals surface area (Å²) in [5, 5.41) is 8.73. The molecule has 82 valence electrons. The SMILES string of the molecule is CC(C)(OOCc1ccccc1)C(=O)O. The molecule has 4 heteroatoms. The zero-order chi connectivity index (χ0) is 11.3. The molecule has 0 aliphatic heterocycles. The first-order chi connectivity index (χ1) is 7.02. The van der Waals surface area contributed by atoms with Gasteiger partial charge < -0.3 is 5.11 Å². The van der Waals surface area contributed by atoms with Crippen LogP contribution in [0.1, 0.15) is 19.4 Å². The molecule has 0 heterocycles. The maximum atomic E-state index is 10.7. The van der Waals surface area contributed by atoms with Gasteiger partial charge in [-0.25, -0.2) is 14.6 Å². The Morgan fingerprint density at radius 2 is 1.93 bits per heavy atom. The molecule has 0 aromatic heterocycles. The highest BCUT2D eigenvalue weighted by molar-refractivity contribution is 5.76. The van der Waals surface area contributed by atoms with Crippen molar-refractivity contribution < 1.29 is 19.7 Å². The molecule has 1 aromatic rings. The second-order valence-corrected chi connectivity index (χ2v) is 3.65. The fourth-order valence-electron chi connectivity index (χ4n) is 0.855. The summed E-state index contributed by atoms with van der Waals surface area (Å²) < 4.78 is 0. The normalized spacial score (nSPS) is 11.3. The van der Waals surface area contributed by atoms with Gasteiger partial charge in [-0.2, -0.15) is 0 Å². The van der Waals surface area contributed by atoms with Gasteiger partial charge in [-0.1, -0.05) is 30.3 Å². The smallest absolute Gasteiger partial charge is 0.338 e. The average Bonchev–Trinajstić information content (AvgIpc) is 2.19. The van der Waals surface area contributed by atoms with Crippen molar-refractivity contribution in [3.63, 3.8) is 0 Å². The Labute approximate surface area is 88.4 Å². The Balaban J connectivity index is 2.37. The Morgan fingerprint density at radius 3 is 2.47 bits per heavy atom. The highest BCUT2D eigenvalue weighted by atomic mass is 17.2. The molecule has 0 bridgehead atoms. The molecule has 0 saturated carbocycles. The second kappa shape index (κ2) is 4.91. The van der Waals surface area contributed by atoms with Crippen LogP contribution in [0, 0.1) is 0 Å². The largest absolute Gasteiger partial charge is 0.479 e. The zero-order valence-electron chi connectivity index (χ0n) is 8.77. The molecule has 0 unspecified atom stereocenters. The molecule has 0 aliphatic carbocycles. The van der Waals surface area contributed by atoms with E-state index < -0.39 is 11.6 Å². The summed E-state index contributed by atoms with van der Waals surface area (Å²) in [7, 11) is 0. The Bertz CT molecular complexity index is 319. The van der Waals surface area contributed by atoms with Crippen molar-refractivity contribution in [3.8, 4) is 0 Å². The maximum absolute atomic E-state index is 10.7. The van der Waals surface area contributed by atoms with Gasteiger partial charge in [0.05, 0.1) is 0 Å². The molecule has 0 amide bonds. The molecule has 1 N–H and O–H groups in total. The lowest BCUT2D eigenvalue weighted by Crippen LogP contribution is -2.34. The number of carbonyl (C=O) groups is 1. The van der Waals surface area contributed by atoms with E-state index in [1.807, 2.05) is 30.3 Å². The molecule has 0 spiro atoms. The highest BCUT2D eigenvalue weighted by Crippen LogP contribution is 2.11. The van der Waals surface area contributed by atoms with Gasteiger partial charge in [-0.05, 0) is 19.4 Å². The quantitative estimate of drug-likeness (QED) is 0.596. The van der Waals surface area contributed by atoms with E-state index in [4.69, 9.17) is 14.9 Å². The van der Waals surface area contributed by atoms with Crippen molar-refractivity contribution in [3.05, 3.63) is 35.9 Å². The molecule has 0 aliphatic rings. The summed E-state index contributed by atoms with van der Waals surface area (Å²) in [5.74, 6) is -1.06. The summed E-state index contributed by atoms with van der Waals surface area (Å²) in [5.41, 5.74) is -0.395. The topological polar surface area (TPSA) is 55.8 Å². The minimum Gasteiger partial charge on any atom is -0.479 e. The number of aliphatic carboxylic acids is 1. The van der Waals surface area contributed by atoms with Gasteiger partial charge in [0, 0.05) is 0 Å². The van der Waals surface area contributed by atoms with Crippen molar-refractivity contribution in [1.82, 2.24) is 0 Å². The lowest BCUT2D eigenvalue weighted by Gasteiger charge is -2.17. The minimum absolute atomic E-state index is 0.234. The number of benzene rings is 1. The van der Waals surface area contributed by atoms with E-state index in [1.165, 1.54) is 13.8 Å². The van der Waals surface area contributed by atoms with Crippen LogP contribution >= 0.6 is 0 Å². The van der Waals surface area contributed by atoms with Gasteiger partial charge in [0.15, 0.2) is 5.60 Å². The lowest BCUT2D eigenvalue weighted by atomic mass is 10.1. The van der Waals surface area contributed by atoms with Crippen LogP contribution in [0.2, 0.25) is 0 Å². The maximum Gasteiger partial charge on any atom is 0.338 e. The van der Waals surface area contributed by atoms with Gasteiger partial charge in [-0.3, -0.25) is 0 Å². The highest BCUT2D eigenvalue weighted by Gasteiger charge is 2.29. The third-order valence-electron chi connectivity index (χ3n) is 1.85. The van der Waals surface area contributed by atoms with Crippen LogP contribution in [0.15, 0.2) is 30.3 Å². The van der Waals surface area contributed by atoms with E-state index in [0.29, 0.717) is 0 Å². The number of hydrogen-bond donors (Lipinski definition) is 1. The van der Waals surface area contributed by atoms with Crippen molar-refractivity contribution in [1.29, 1.82) is 0 Å². The summed E-state index contributed by atoms with van der Waals surface area (Å²) in [4.78, 5) is 20.3. The van der Waals surface area contributed by atoms with Gasteiger partial charge in [0.25, 0.3) is 0 Å². The van der Waals surface area contributed by atoms with Crippen molar-refractivity contribution in [2.75, 3.05) is 0 Å². The molecular formula is C11H14O4. The molecule has 15 heavy (non-hydrogen) atoms. The van der Waals surface area contributed by atoms with Crippen LogP contribution in [-0.4, -0.2) is 16.7 Å². The van der Waals surface area contributed by atoms with Crippen LogP contribution in [-0.2, 0) is 21.2 Å². The van der Waals surface area contributed by atoms with Gasteiger partial charge in [-0.15, -0.1) is 0 Å². The molecular weight excluding hydrogens is 196 g/mol. The average molecular weight is 210 g/mol. The van der Waals surface area contributed by atoms with Crippen LogP contribution in [0.5, 0.6) is 0 Å². The van der Waals surface area contributed by atoms with Crippen molar-refractivity contribution in [2.24, 2.45) is 0 Å².